The van der Waals surface area contributed by atoms with E-state index in [4.69, 9.17) is 0 Å². The normalized spacial score (nSPS) is 15.9. The molecule has 0 aliphatic carbocycles. The van der Waals surface area contributed by atoms with Crippen molar-refractivity contribution in [2.24, 2.45) is 0 Å². The highest BCUT2D eigenvalue weighted by Gasteiger charge is 2.35. The second kappa shape index (κ2) is 9.45. The van der Waals surface area contributed by atoms with Crippen LogP contribution >= 0.6 is 0 Å². The Morgan fingerprint density at radius 2 is 1.81 bits per heavy atom. The summed E-state index contributed by atoms with van der Waals surface area (Å²) in [5.74, 6) is 0. The molecule has 1 atom stereocenters. The molecule has 4 rings (SSSR count). The molecule has 168 valence electrons. The summed E-state index contributed by atoms with van der Waals surface area (Å²) < 4.78 is 30.0. The van der Waals surface area contributed by atoms with E-state index in [1.807, 2.05) is 44.4 Å². The first kappa shape index (κ1) is 22.5. The predicted octanol–water partition coefficient (Wildman–Crippen LogP) is 3.78. The fraction of sp³-hybridized carbons (Fsp3) is 0.400. The number of nitrogens with zero attached hydrogens (tertiary/aromatic N) is 4. The quantitative estimate of drug-likeness (QED) is 0.524. The van der Waals surface area contributed by atoms with E-state index in [0.717, 1.165) is 43.3 Å². The molecule has 2 aromatic carbocycles. The Morgan fingerprint density at radius 1 is 1.09 bits per heavy atom. The lowest BCUT2D eigenvalue weighted by Crippen LogP contribution is -2.32. The van der Waals surface area contributed by atoms with Crippen molar-refractivity contribution in [3.63, 3.8) is 0 Å². The largest absolute Gasteiger partial charge is 0.343 e. The van der Waals surface area contributed by atoms with E-state index >= 15 is 0 Å². The minimum atomic E-state index is -3.70. The first-order valence-electron chi connectivity index (χ1n) is 11.1. The highest BCUT2D eigenvalue weighted by atomic mass is 32.2. The summed E-state index contributed by atoms with van der Waals surface area (Å²) in [6.45, 7) is 2.64. The minimum Gasteiger partial charge on any atom is -0.343 e. The van der Waals surface area contributed by atoms with E-state index in [9.17, 15) is 13.7 Å². The van der Waals surface area contributed by atoms with Crippen LogP contribution in [0.2, 0.25) is 0 Å². The molecule has 0 saturated carbocycles. The molecule has 0 spiro atoms. The predicted molar refractivity (Wildman–Crippen MR) is 128 cm³/mol. The van der Waals surface area contributed by atoms with E-state index in [2.05, 4.69) is 33.9 Å². The molecular formula is C25H30N4O2S. The average molecular weight is 451 g/mol. The van der Waals surface area contributed by atoms with Crippen molar-refractivity contribution in [2.75, 3.05) is 33.7 Å². The third kappa shape index (κ3) is 4.58. The molecule has 1 fully saturated rings. The van der Waals surface area contributed by atoms with Crippen molar-refractivity contribution < 1.29 is 8.42 Å². The van der Waals surface area contributed by atoms with Gasteiger partial charge in [-0.2, -0.15) is 5.26 Å². The topological polar surface area (TPSA) is 69.3 Å². The van der Waals surface area contributed by atoms with Gasteiger partial charge in [-0.25, -0.2) is 12.7 Å². The number of hydrogen-bond acceptors (Lipinski definition) is 4. The summed E-state index contributed by atoms with van der Waals surface area (Å²) in [5, 5.41) is 9.67. The Bertz CT molecular complexity index is 1220. The van der Waals surface area contributed by atoms with Gasteiger partial charge in [-0.15, -0.1) is 0 Å². The first-order chi connectivity index (χ1) is 15.4. The second-order valence-electron chi connectivity index (χ2n) is 8.76. The molecule has 1 saturated heterocycles. The van der Waals surface area contributed by atoms with Crippen LogP contribution in [0.3, 0.4) is 0 Å². The van der Waals surface area contributed by atoms with Gasteiger partial charge in [0.2, 0.25) is 10.0 Å². The van der Waals surface area contributed by atoms with Crippen molar-refractivity contribution in [3.05, 3.63) is 71.4 Å². The Hall–Kier alpha value is -2.66. The molecular weight excluding hydrogens is 420 g/mol. The molecule has 6 nitrogen and oxygen atoms in total. The zero-order chi connectivity index (χ0) is 22.7. The molecule has 1 aromatic heterocycles. The average Bonchev–Trinajstić information content (AvgIpc) is 3.43. The van der Waals surface area contributed by atoms with Gasteiger partial charge < -0.3 is 9.47 Å². The lowest BCUT2D eigenvalue weighted by atomic mass is 10.1. The Kier molecular flexibility index (Phi) is 6.66. The van der Waals surface area contributed by atoms with Gasteiger partial charge in [0.1, 0.15) is 0 Å². The fourth-order valence-electron chi connectivity index (χ4n) is 4.41. The van der Waals surface area contributed by atoms with Gasteiger partial charge in [0, 0.05) is 43.3 Å². The number of hydrogen-bond donors (Lipinski definition) is 0. The monoisotopic (exact) mass is 450 g/mol. The van der Waals surface area contributed by atoms with Crippen LogP contribution in [0.4, 0.5) is 0 Å². The van der Waals surface area contributed by atoms with Gasteiger partial charge >= 0.3 is 0 Å². The summed E-state index contributed by atoms with van der Waals surface area (Å²) in [6.07, 6.45) is 4.73. The van der Waals surface area contributed by atoms with Gasteiger partial charge in [0.05, 0.1) is 6.07 Å². The SMILES string of the molecule is CN(C)CCc1cn(Cc2ccccc2)c2ccc(C(C#N)S(=O)(=O)N3CCCC3)cc12. The molecule has 0 radical (unpaired) electrons. The Labute approximate surface area is 190 Å². The lowest BCUT2D eigenvalue weighted by Gasteiger charge is -2.20. The van der Waals surface area contributed by atoms with Crippen molar-refractivity contribution in [1.82, 2.24) is 13.8 Å². The molecule has 7 heteroatoms. The maximum atomic E-state index is 13.1. The number of fused-ring (bicyclic) bond motifs is 1. The van der Waals surface area contributed by atoms with Crippen LogP contribution in [0.25, 0.3) is 10.9 Å². The van der Waals surface area contributed by atoms with Gasteiger partial charge in [0.15, 0.2) is 5.25 Å². The fourth-order valence-corrected chi connectivity index (χ4v) is 6.10. The molecule has 0 bridgehead atoms. The number of likely N-dealkylation sites (N-methyl/N-ethyl adjacent to an activating group) is 1. The molecule has 0 N–H and O–H groups in total. The van der Waals surface area contributed by atoms with E-state index < -0.39 is 15.3 Å². The molecule has 0 amide bonds. The van der Waals surface area contributed by atoms with Gasteiger partial charge in [-0.3, -0.25) is 0 Å². The Balaban J connectivity index is 1.75. The van der Waals surface area contributed by atoms with E-state index in [1.54, 1.807) is 6.07 Å². The van der Waals surface area contributed by atoms with Crippen molar-refractivity contribution in [2.45, 2.75) is 31.1 Å². The number of benzene rings is 2. The molecule has 1 aliphatic heterocycles. The summed E-state index contributed by atoms with van der Waals surface area (Å²) in [4.78, 5) is 2.14. The van der Waals surface area contributed by atoms with Crippen LogP contribution < -0.4 is 0 Å². The van der Waals surface area contributed by atoms with Crippen LogP contribution in [0.15, 0.2) is 54.7 Å². The number of rotatable bonds is 8. The van der Waals surface area contributed by atoms with Crippen molar-refractivity contribution >= 4 is 20.9 Å². The van der Waals surface area contributed by atoms with Crippen LogP contribution in [-0.4, -0.2) is 55.9 Å². The summed E-state index contributed by atoms with van der Waals surface area (Å²) in [7, 11) is 0.393. The zero-order valence-electron chi connectivity index (χ0n) is 18.7. The maximum Gasteiger partial charge on any atom is 0.234 e. The minimum absolute atomic E-state index is 0.504. The van der Waals surface area contributed by atoms with Crippen molar-refractivity contribution in [3.8, 4) is 6.07 Å². The van der Waals surface area contributed by atoms with Crippen LogP contribution in [0, 0.1) is 11.3 Å². The first-order valence-corrected chi connectivity index (χ1v) is 12.6. The highest BCUT2D eigenvalue weighted by Crippen LogP contribution is 2.32. The number of sulfonamides is 1. The van der Waals surface area contributed by atoms with Crippen molar-refractivity contribution in [1.29, 1.82) is 5.26 Å². The maximum absolute atomic E-state index is 13.1. The standard InChI is InChI=1S/C25H30N4O2S/c1-27(2)15-12-22-19-28(18-20-8-4-3-5-9-20)24-11-10-21(16-23(22)24)25(17-26)32(30,31)29-13-6-7-14-29/h3-5,8-11,16,19,25H,6-7,12-15,18H2,1-2H3. The molecule has 2 heterocycles. The van der Waals surface area contributed by atoms with Gasteiger partial charge in [-0.05, 0) is 62.2 Å². The van der Waals surface area contributed by atoms with E-state index in [1.165, 1.54) is 15.4 Å². The van der Waals surface area contributed by atoms with Gasteiger partial charge in [-0.1, -0.05) is 36.4 Å². The molecule has 32 heavy (non-hydrogen) atoms. The summed E-state index contributed by atoms with van der Waals surface area (Å²) in [6, 6.07) is 18.1. The molecule has 1 unspecified atom stereocenters. The summed E-state index contributed by atoms with van der Waals surface area (Å²) in [5.41, 5.74) is 3.98. The van der Waals surface area contributed by atoms with Crippen LogP contribution in [0.5, 0.6) is 0 Å². The number of aromatic nitrogens is 1. The summed E-state index contributed by atoms with van der Waals surface area (Å²) >= 11 is 0. The van der Waals surface area contributed by atoms with E-state index in [0.29, 0.717) is 18.7 Å². The zero-order valence-corrected chi connectivity index (χ0v) is 19.6. The smallest absolute Gasteiger partial charge is 0.234 e. The molecule has 1 aliphatic rings. The highest BCUT2D eigenvalue weighted by molar-refractivity contribution is 7.89. The molecule has 3 aromatic rings. The third-order valence-electron chi connectivity index (χ3n) is 6.15. The van der Waals surface area contributed by atoms with Crippen LogP contribution in [0.1, 0.15) is 34.8 Å². The van der Waals surface area contributed by atoms with E-state index in [-0.39, 0.29) is 0 Å². The number of nitriles is 1. The lowest BCUT2D eigenvalue weighted by molar-refractivity contribution is 0.414. The van der Waals surface area contributed by atoms with Crippen LogP contribution in [-0.2, 0) is 23.0 Å². The third-order valence-corrected chi connectivity index (χ3v) is 8.21. The Morgan fingerprint density at radius 3 is 2.47 bits per heavy atom. The van der Waals surface area contributed by atoms with Gasteiger partial charge in [0.25, 0.3) is 0 Å². The second-order valence-corrected chi connectivity index (χ2v) is 10.8.